The maximum absolute atomic E-state index is 13.7. The number of methoxy groups -OCH3 is 1. The van der Waals surface area contributed by atoms with Gasteiger partial charge in [0.15, 0.2) is 72.9 Å². The van der Waals surface area contributed by atoms with Crippen LogP contribution in [0.5, 0.6) is 5.75 Å². The molecule has 0 atom stereocenters. The maximum Gasteiger partial charge on any atom is 0.212 e. The van der Waals surface area contributed by atoms with E-state index in [0.29, 0.717) is 48.0 Å². The molecule has 11 aromatic carbocycles. The third-order valence-electron chi connectivity index (χ3n) is 19.3. The third-order valence-corrected chi connectivity index (χ3v) is 28.3. The number of hydrogen-bond donors (Lipinski definition) is 0. The fourth-order valence-corrected chi connectivity index (χ4v) is 23.2. The number of ketones is 3. The fourth-order valence-electron chi connectivity index (χ4n) is 14.9. The number of carbonyl (C=O) groups is 3. The van der Waals surface area contributed by atoms with Gasteiger partial charge in [-0.2, -0.15) is 0 Å². The van der Waals surface area contributed by atoms with E-state index >= 15 is 0 Å². The highest BCUT2D eigenvalue weighted by Gasteiger charge is 2.55. The van der Waals surface area contributed by atoms with Crippen LogP contribution in [0.3, 0.4) is 0 Å². The topological polar surface area (TPSA) is 69.7 Å². The predicted octanol–water partition coefficient (Wildman–Crippen LogP) is 20.9. The predicted molar refractivity (Wildman–Crippen MR) is 409 cm³/mol. The lowest BCUT2D eigenvalue weighted by Crippen LogP contribution is -2.51. The summed E-state index contributed by atoms with van der Waals surface area (Å²) in [5.74, 6) is 6.75. The Bertz CT molecular complexity index is 4030. The number of benzene rings is 11. The lowest BCUT2D eigenvalue weighted by molar-refractivity contribution is -0.141. The van der Waals surface area contributed by atoms with Crippen molar-refractivity contribution in [2.75, 3.05) is 37.6 Å². The summed E-state index contributed by atoms with van der Waals surface area (Å²) >= 11 is 0. The minimum absolute atomic E-state index is 0.0174. The van der Waals surface area contributed by atoms with Crippen molar-refractivity contribution in [1.82, 2.24) is 0 Å². The molecule has 11 aromatic rings. The van der Waals surface area contributed by atoms with E-state index < -0.39 is 0 Å². The molecule has 0 radical (unpaired) electrons. The molecule has 5 aliphatic rings. The molecule has 0 unspecified atom stereocenters. The van der Waals surface area contributed by atoms with Crippen LogP contribution in [0.15, 0.2) is 353 Å². The summed E-state index contributed by atoms with van der Waals surface area (Å²) in [4.78, 5) is 51.0. The first-order valence-electron chi connectivity index (χ1n) is 34.8. The Kier molecular flexibility index (Phi) is 25.3. The lowest BCUT2D eigenvalue weighted by Gasteiger charge is -2.55. The summed E-state index contributed by atoms with van der Waals surface area (Å²) in [6, 6.07) is 107. The van der Waals surface area contributed by atoms with E-state index in [-0.39, 0.29) is 54.8 Å². The second-order valence-corrected chi connectivity index (χ2v) is 34.2. The Balaban J connectivity index is 0.000000125. The summed E-state index contributed by atoms with van der Waals surface area (Å²) in [6.45, 7) is 1.17. The molecule has 0 aliphatic heterocycles. The molecule has 0 N–H and O–H groups in total. The van der Waals surface area contributed by atoms with Crippen molar-refractivity contribution in [1.29, 1.82) is 0 Å². The average molecular weight is 1370 g/mol. The Hall–Kier alpha value is -8.15. The van der Waals surface area contributed by atoms with Gasteiger partial charge in [-0.3, -0.25) is 14.4 Å². The fraction of sp³-hybridized carbons (Fsp3) is 0.247. The number of hydrogen-bond acceptors (Lipinski definition) is 5. The Labute approximate surface area is 593 Å². The van der Waals surface area contributed by atoms with Crippen LogP contribution >= 0.6 is 0 Å². The first kappa shape index (κ1) is 69.7. The molecule has 5 nitrogen and oxygen atoms in total. The highest BCUT2D eigenvalue weighted by molar-refractivity contribution is 7.98. The van der Waals surface area contributed by atoms with Crippen molar-refractivity contribution >= 4 is 71.7 Å². The van der Waals surface area contributed by atoms with Crippen molar-refractivity contribution in [3.8, 4) is 5.75 Å². The third kappa shape index (κ3) is 18.8. The summed E-state index contributed by atoms with van der Waals surface area (Å²) in [5.41, 5.74) is 0.803. The van der Waals surface area contributed by atoms with Crippen molar-refractivity contribution < 1.29 is 23.9 Å². The second kappa shape index (κ2) is 35.6. The molecule has 5 saturated carbocycles. The number of fused-ring (bicyclic) bond motifs is 1. The molecule has 0 spiro atoms. The van der Waals surface area contributed by atoms with E-state index in [9.17, 15) is 14.4 Å². The largest absolute Gasteiger partial charge is 0.491 e. The maximum atomic E-state index is 13.7. The van der Waals surface area contributed by atoms with Gasteiger partial charge < -0.3 is 9.47 Å². The van der Waals surface area contributed by atoms with Crippen LogP contribution in [0, 0.1) is 29.1 Å². The zero-order chi connectivity index (χ0) is 67.1. The average Bonchev–Trinajstić information content (AvgIpc) is 0.740. The molecular formula is C89H90O5S4+4. The molecule has 5 aliphatic carbocycles. The molecule has 5 fully saturated rings. The lowest BCUT2D eigenvalue weighted by atomic mass is 9.48. The number of carbonyl (C=O) groups excluding carboxylic acids is 3. The Morgan fingerprint density at radius 1 is 0.367 bits per heavy atom. The normalized spacial score (nSPS) is 17.6. The van der Waals surface area contributed by atoms with Gasteiger partial charge in [0.2, 0.25) is 5.78 Å². The first-order valence-corrected chi connectivity index (χ1v) is 40.2. The van der Waals surface area contributed by atoms with E-state index in [4.69, 9.17) is 9.47 Å². The van der Waals surface area contributed by atoms with Crippen molar-refractivity contribution in [2.24, 2.45) is 29.1 Å². The standard InChI is InChI=1S/C24H27OS.C24H19OS.C21H21O2S.C20H23OS/c25-23(24-14-18-11-19(15-24)13-20(12-18)16-24)17-26(21-7-3-1-4-8-21)22-9-5-2-6-10-22;25-24(21-16-15-19-9-7-8-10-20(19)17-21)18-26(22-11-3-1-4-12-22)23-13-5-2-6-14-23;1-22-16-17-23-18-12-14-21(15-13-18)24(19-8-4-2-5-9-19)20-10-6-3-7-11-20;21-20(17-10-4-1-5-11-17)16-22(18-12-6-2-7-13-18)19-14-8-3-9-15-19/h1-10,18-20H,11-17H2;1-17H,18H2;2-15H,16-17H2,1H3;2-3,6-9,12-15,17H,1,4-5,10-11,16H2/q4*+1. The van der Waals surface area contributed by atoms with Gasteiger partial charge >= 0.3 is 0 Å². The molecular weight excluding hydrogens is 1280 g/mol. The molecule has 16 rings (SSSR count). The van der Waals surface area contributed by atoms with Gasteiger partial charge in [0.1, 0.15) is 12.4 Å². The zero-order valence-corrected chi connectivity index (χ0v) is 59.5. The van der Waals surface area contributed by atoms with Crippen LogP contribution in [-0.2, 0) is 57.9 Å². The van der Waals surface area contributed by atoms with Crippen LogP contribution in [0.25, 0.3) is 10.8 Å². The first-order chi connectivity index (χ1) is 48.3. The molecule has 9 heteroatoms. The molecule has 0 amide bonds. The highest BCUT2D eigenvalue weighted by atomic mass is 32.2. The van der Waals surface area contributed by atoms with Crippen LogP contribution in [-0.4, -0.2) is 54.9 Å². The molecule has 0 heterocycles. The minimum atomic E-state index is -0.265. The molecule has 0 aromatic heterocycles. The SMILES string of the molecule is COCCOc1ccc([S+](c2ccccc2)c2ccccc2)cc1.O=C(C[S+](c1ccccc1)c1ccccc1)C12CC3CC(CC(C3)C1)C2.O=C(C[S+](c1ccccc1)c1ccccc1)C1CCCCC1.O=C(C[S+](c1ccccc1)c1ccccc1)c1ccc2ccccc2c1. The van der Waals surface area contributed by atoms with E-state index in [1.165, 1.54) is 102 Å². The van der Waals surface area contributed by atoms with Gasteiger partial charge in [-0.1, -0.05) is 201 Å². The van der Waals surface area contributed by atoms with Gasteiger partial charge in [-0.25, -0.2) is 0 Å². The van der Waals surface area contributed by atoms with E-state index in [2.05, 4.69) is 218 Å². The van der Waals surface area contributed by atoms with Gasteiger partial charge in [0.05, 0.1) is 50.2 Å². The zero-order valence-electron chi connectivity index (χ0n) is 56.2. The molecule has 496 valence electrons. The Morgan fingerprint density at radius 3 is 1.13 bits per heavy atom. The van der Waals surface area contributed by atoms with Gasteiger partial charge in [0.25, 0.3) is 0 Å². The monoisotopic (exact) mass is 1370 g/mol. The van der Waals surface area contributed by atoms with E-state index in [1.54, 1.807) is 7.11 Å². The van der Waals surface area contributed by atoms with Crippen molar-refractivity contribution in [3.63, 3.8) is 0 Å². The van der Waals surface area contributed by atoms with Crippen LogP contribution in [0.1, 0.15) is 81.0 Å². The summed E-state index contributed by atoms with van der Waals surface area (Å²) < 4.78 is 10.7. The van der Waals surface area contributed by atoms with Gasteiger partial charge in [0, 0.05) is 24.0 Å². The van der Waals surface area contributed by atoms with Crippen LogP contribution in [0.4, 0.5) is 0 Å². The number of Topliss-reactive ketones (excluding diaryl/α,β-unsaturated/α-hetero) is 3. The van der Waals surface area contributed by atoms with E-state index in [0.717, 1.165) is 52.7 Å². The highest BCUT2D eigenvalue weighted by Crippen LogP contribution is 2.60. The van der Waals surface area contributed by atoms with E-state index in [1.807, 2.05) is 91.0 Å². The number of ether oxygens (including phenoxy) is 2. The minimum Gasteiger partial charge on any atom is -0.491 e. The van der Waals surface area contributed by atoms with Crippen molar-refractivity contribution in [2.45, 2.75) is 115 Å². The van der Waals surface area contributed by atoms with Gasteiger partial charge in [-0.15, -0.1) is 0 Å². The van der Waals surface area contributed by atoms with Crippen LogP contribution < -0.4 is 4.74 Å². The van der Waals surface area contributed by atoms with Gasteiger partial charge in [-0.05, 0) is 207 Å². The molecule has 98 heavy (non-hydrogen) atoms. The summed E-state index contributed by atoms with van der Waals surface area (Å²) in [7, 11) is 1.03. The Morgan fingerprint density at radius 2 is 0.724 bits per heavy atom. The summed E-state index contributed by atoms with van der Waals surface area (Å²) in [5, 5.41) is 2.27. The molecule has 0 saturated heterocycles. The smallest absolute Gasteiger partial charge is 0.212 e. The summed E-state index contributed by atoms with van der Waals surface area (Å²) in [6.07, 6.45) is 13.7. The quantitative estimate of drug-likeness (QED) is 0.0384. The number of rotatable bonds is 22. The molecule has 4 bridgehead atoms. The van der Waals surface area contributed by atoms with Crippen molar-refractivity contribution in [3.05, 3.63) is 315 Å². The van der Waals surface area contributed by atoms with Crippen LogP contribution in [0.2, 0.25) is 0 Å². The second-order valence-electron chi connectivity index (χ2n) is 26.1.